The lowest BCUT2D eigenvalue weighted by Gasteiger charge is -2.25. The Labute approximate surface area is 104 Å². The largest absolute Gasteiger partial charge is 0.392 e. The van der Waals surface area contributed by atoms with Crippen LogP contribution in [0.3, 0.4) is 0 Å². The van der Waals surface area contributed by atoms with E-state index in [1.807, 2.05) is 19.1 Å². The molecule has 0 amide bonds. The van der Waals surface area contributed by atoms with Crippen LogP contribution in [-0.2, 0) is 6.61 Å². The average molecular weight is 236 g/mol. The lowest BCUT2D eigenvalue weighted by molar-refractivity contribution is 0.281. The normalized spacial score (nSPS) is 12.5. The molecule has 0 aliphatic heterocycles. The summed E-state index contributed by atoms with van der Waals surface area (Å²) in [7, 11) is 0. The molecule has 1 rings (SSSR count). The zero-order valence-corrected chi connectivity index (χ0v) is 11.4. The third-order valence-electron chi connectivity index (χ3n) is 3.12. The van der Waals surface area contributed by atoms with E-state index in [0.29, 0.717) is 5.92 Å². The van der Waals surface area contributed by atoms with Gasteiger partial charge < -0.3 is 10.0 Å². The van der Waals surface area contributed by atoms with Gasteiger partial charge in [0.25, 0.3) is 0 Å². The van der Waals surface area contributed by atoms with Gasteiger partial charge in [0, 0.05) is 18.8 Å². The molecule has 0 radical (unpaired) electrons. The van der Waals surface area contributed by atoms with Crippen molar-refractivity contribution in [3.63, 3.8) is 0 Å². The summed E-state index contributed by atoms with van der Waals surface area (Å²) in [5, 5.41) is 9.22. The molecule has 3 heteroatoms. The fourth-order valence-corrected chi connectivity index (χ4v) is 1.86. The maximum absolute atomic E-state index is 9.22. The van der Waals surface area contributed by atoms with E-state index < -0.39 is 0 Å². The summed E-state index contributed by atoms with van der Waals surface area (Å²) >= 11 is 0. The number of aryl methyl sites for hydroxylation is 1. The van der Waals surface area contributed by atoms with Gasteiger partial charge in [0.15, 0.2) is 0 Å². The molecule has 3 nitrogen and oxygen atoms in total. The predicted molar refractivity (Wildman–Crippen MR) is 72.2 cm³/mol. The lowest BCUT2D eigenvalue weighted by atomic mass is 10.1. The SMILES string of the molecule is CCC(C)CN(CC)c1cc(CO)cc(C)n1. The first-order valence-electron chi connectivity index (χ1n) is 6.44. The van der Waals surface area contributed by atoms with E-state index in [4.69, 9.17) is 0 Å². The van der Waals surface area contributed by atoms with Gasteiger partial charge in [0.1, 0.15) is 5.82 Å². The van der Waals surface area contributed by atoms with Gasteiger partial charge in [-0.1, -0.05) is 20.3 Å². The van der Waals surface area contributed by atoms with Gasteiger partial charge in [-0.2, -0.15) is 0 Å². The molecule has 0 spiro atoms. The van der Waals surface area contributed by atoms with Crippen molar-refractivity contribution in [2.45, 2.75) is 40.7 Å². The van der Waals surface area contributed by atoms with Gasteiger partial charge in [-0.05, 0) is 37.5 Å². The third kappa shape index (κ3) is 4.00. The van der Waals surface area contributed by atoms with Gasteiger partial charge in [-0.3, -0.25) is 0 Å². The minimum absolute atomic E-state index is 0.0806. The van der Waals surface area contributed by atoms with Crippen molar-refractivity contribution in [3.05, 3.63) is 23.4 Å². The van der Waals surface area contributed by atoms with Crippen molar-refractivity contribution in [1.82, 2.24) is 4.98 Å². The molecular weight excluding hydrogens is 212 g/mol. The molecule has 17 heavy (non-hydrogen) atoms. The third-order valence-corrected chi connectivity index (χ3v) is 3.12. The van der Waals surface area contributed by atoms with Crippen LogP contribution < -0.4 is 4.90 Å². The number of rotatable bonds is 6. The number of aliphatic hydroxyl groups is 1. The summed E-state index contributed by atoms with van der Waals surface area (Å²) < 4.78 is 0. The first-order valence-corrected chi connectivity index (χ1v) is 6.44. The molecule has 0 aliphatic rings. The molecule has 1 N–H and O–H groups in total. The highest BCUT2D eigenvalue weighted by Gasteiger charge is 2.10. The maximum Gasteiger partial charge on any atom is 0.129 e. The van der Waals surface area contributed by atoms with Crippen molar-refractivity contribution < 1.29 is 5.11 Å². The first-order chi connectivity index (χ1) is 8.10. The standard InChI is InChI=1S/C14H24N2O/c1-5-11(3)9-16(6-2)14-8-13(10-17)7-12(4)15-14/h7-8,11,17H,5-6,9-10H2,1-4H3. The van der Waals surface area contributed by atoms with Crippen molar-refractivity contribution in [3.8, 4) is 0 Å². The monoisotopic (exact) mass is 236 g/mol. The molecule has 1 unspecified atom stereocenters. The second-order valence-corrected chi connectivity index (χ2v) is 4.69. The Hall–Kier alpha value is -1.09. The fourth-order valence-electron chi connectivity index (χ4n) is 1.86. The summed E-state index contributed by atoms with van der Waals surface area (Å²) in [6.07, 6.45) is 1.18. The summed E-state index contributed by atoms with van der Waals surface area (Å²) in [4.78, 5) is 6.83. The molecule has 1 aromatic heterocycles. The van der Waals surface area contributed by atoms with Crippen molar-refractivity contribution >= 4 is 5.82 Å². The summed E-state index contributed by atoms with van der Waals surface area (Å²) in [5.41, 5.74) is 1.91. The number of aliphatic hydroxyl groups excluding tert-OH is 1. The Balaban J connectivity index is 2.90. The Bertz CT molecular complexity index is 352. The highest BCUT2D eigenvalue weighted by Crippen LogP contribution is 2.17. The molecule has 1 heterocycles. The Kier molecular flexibility index (Phi) is 5.42. The smallest absolute Gasteiger partial charge is 0.129 e. The molecule has 0 fully saturated rings. The maximum atomic E-state index is 9.22. The van der Waals surface area contributed by atoms with Crippen LogP contribution in [-0.4, -0.2) is 23.2 Å². The highest BCUT2D eigenvalue weighted by molar-refractivity contribution is 5.42. The second kappa shape index (κ2) is 6.60. The molecule has 0 aliphatic carbocycles. The number of hydrogen-bond acceptors (Lipinski definition) is 3. The van der Waals surface area contributed by atoms with Crippen LogP contribution in [0.1, 0.15) is 38.4 Å². The topological polar surface area (TPSA) is 36.4 Å². The van der Waals surface area contributed by atoms with Crippen LogP contribution in [0.25, 0.3) is 0 Å². The fraction of sp³-hybridized carbons (Fsp3) is 0.643. The molecule has 0 bridgehead atoms. The second-order valence-electron chi connectivity index (χ2n) is 4.69. The number of anilines is 1. The average Bonchev–Trinajstić information content (AvgIpc) is 2.34. The van der Waals surface area contributed by atoms with Crippen LogP contribution in [0.2, 0.25) is 0 Å². The van der Waals surface area contributed by atoms with Gasteiger partial charge >= 0.3 is 0 Å². The van der Waals surface area contributed by atoms with Gasteiger partial charge in [0.05, 0.1) is 6.61 Å². The quantitative estimate of drug-likeness (QED) is 0.825. The molecule has 0 saturated carbocycles. The first kappa shape index (κ1) is 14.0. The molecule has 0 aromatic carbocycles. The number of aromatic nitrogens is 1. The predicted octanol–water partition coefficient (Wildman–Crippen LogP) is 2.75. The number of hydrogen-bond donors (Lipinski definition) is 1. The minimum atomic E-state index is 0.0806. The van der Waals surface area contributed by atoms with Crippen LogP contribution in [0.15, 0.2) is 12.1 Å². The van der Waals surface area contributed by atoms with E-state index in [0.717, 1.165) is 30.2 Å². The highest BCUT2D eigenvalue weighted by atomic mass is 16.3. The van der Waals surface area contributed by atoms with E-state index in [9.17, 15) is 5.11 Å². The number of pyridine rings is 1. The van der Waals surface area contributed by atoms with Crippen LogP contribution in [0, 0.1) is 12.8 Å². The Morgan fingerprint density at radius 3 is 2.59 bits per heavy atom. The molecule has 0 saturated heterocycles. The molecule has 1 atom stereocenters. The minimum Gasteiger partial charge on any atom is -0.392 e. The van der Waals surface area contributed by atoms with Crippen molar-refractivity contribution in [2.75, 3.05) is 18.0 Å². The van der Waals surface area contributed by atoms with Crippen molar-refractivity contribution in [1.29, 1.82) is 0 Å². The van der Waals surface area contributed by atoms with E-state index >= 15 is 0 Å². The van der Waals surface area contributed by atoms with Gasteiger partial charge in [-0.15, -0.1) is 0 Å². The molecule has 1 aromatic rings. The van der Waals surface area contributed by atoms with Crippen LogP contribution >= 0.6 is 0 Å². The van der Waals surface area contributed by atoms with Crippen molar-refractivity contribution in [2.24, 2.45) is 5.92 Å². The van der Waals surface area contributed by atoms with Gasteiger partial charge in [-0.25, -0.2) is 4.98 Å². The summed E-state index contributed by atoms with van der Waals surface area (Å²) in [6.45, 7) is 10.6. The van der Waals surface area contributed by atoms with Crippen LogP contribution in [0.5, 0.6) is 0 Å². The van der Waals surface area contributed by atoms with E-state index in [1.54, 1.807) is 0 Å². The van der Waals surface area contributed by atoms with Crippen LogP contribution in [0.4, 0.5) is 5.82 Å². The van der Waals surface area contributed by atoms with Gasteiger partial charge in [0.2, 0.25) is 0 Å². The molecule has 96 valence electrons. The zero-order chi connectivity index (χ0) is 12.8. The Morgan fingerprint density at radius 2 is 2.06 bits per heavy atom. The summed E-state index contributed by atoms with van der Waals surface area (Å²) in [5.74, 6) is 1.65. The lowest BCUT2D eigenvalue weighted by Crippen LogP contribution is -2.29. The van der Waals surface area contributed by atoms with E-state index in [2.05, 4.69) is 30.7 Å². The van der Waals surface area contributed by atoms with E-state index in [1.165, 1.54) is 6.42 Å². The summed E-state index contributed by atoms with van der Waals surface area (Å²) in [6, 6.07) is 3.92. The Morgan fingerprint density at radius 1 is 1.35 bits per heavy atom. The molecular formula is C14H24N2O. The number of nitrogens with zero attached hydrogens (tertiary/aromatic N) is 2. The van der Waals surface area contributed by atoms with E-state index in [-0.39, 0.29) is 6.61 Å². The zero-order valence-electron chi connectivity index (χ0n) is 11.4.